The molecular weight excluding hydrogens is 374 g/mol. The van der Waals surface area contributed by atoms with E-state index in [9.17, 15) is 9.59 Å². The molecule has 1 atom stereocenters. The molecule has 1 aromatic heterocycles. The Morgan fingerprint density at radius 1 is 1.07 bits per heavy atom. The SMILES string of the molecule is O=C(Oc1ccc2c(=O)c(-c3ccc4c(c3)OCCO4)coc2c1)[C@@H]1CCCN1. The van der Waals surface area contributed by atoms with Crippen LogP contribution in [0.1, 0.15) is 12.8 Å². The lowest BCUT2D eigenvalue weighted by Gasteiger charge is -2.18. The summed E-state index contributed by atoms with van der Waals surface area (Å²) in [5, 5.41) is 3.52. The number of carbonyl (C=O) groups excluding carboxylic acids is 1. The fraction of sp³-hybridized carbons (Fsp3) is 0.273. The molecule has 2 aliphatic heterocycles. The van der Waals surface area contributed by atoms with Crippen LogP contribution in [0.4, 0.5) is 0 Å². The van der Waals surface area contributed by atoms with Gasteiger partial charge in [0.25, 0.3) is 0 Å². The largest absolute Gasteiger partial charge is 0.486 e. The Morgan fingerprint density at radius 3 is 2.76 bits per heavy atom. The van der Waals surface area contributed by atoms with E-state index in [0.29, 0.717) is 52.6 Å². The highest BCUT2D eigenvalue weighted by Crippen LogP contribution is 2.34. The van der Waals surface area contributed by atoms with Crippen molar-refractivity contribution < 1.29 is 23.4 Å². The number of esters is 1. The van der Waals surface area contributed by atoms with Crippen molar-refractivity contribution in [1.29, 1.82) is 0 Å². The van der Waals surface area contributed by atoms with Crippen molar-refractivity contribution in [3.05, 3.63) is 52.9 Å². The molecular formula is C22H19NO6. The number of hydrogen-bond acceptors (Lipinski definition) is 7. The first-order valence-electron chi connectivity index (χ1n) is 9.60. The van der Waals surface area contributed by atoms with Gasteiger partial charge in [0, 0.05) is 6.07 Å². The van der Waals surface area contributed by atoms with Crippen molar-refractivity contribution in [3.8, 4) is 28.4 Å². The van der Waals surface area contributed by atoms with Crippen LogP contribution in [0.25, 0.3) is 22.1 Å². The van der Waals surface area contributed by atoms with Gasteiger partial charge >= 0.3 is 5.97 Å². The molecule has 0 aliphatic carbocycles. The molecule has 5 rings (SSSR count). The Hall–Kier alpha value is -3.32. The smallest absolute Gasteiger partial charge is 0.328 e. The molecule has 7 heteroatoms. The van der Waals surface area contributed by atoms with Crippen LogP contribution in [0.3, 0.4) is 0 Å². The third-order valence-corrected chi connectivity index (χ3v) is 5.16. The first-order valence-corrected chi connectivity index (χ1v) is 9.60. The molecule has 0 bridgehead atoms. The van der Waals surface area contributed by atoms with Crippen molar-refractivity contribution in [2.24, 2.45) is 0 Å². The van der Waals surface area contributed by atoms with Crippen LogP contribution in [-0.4, -0.2) is 31.8 Å². The van der Waals surface area contributed by atoms with E-state index in [1.807, 2.05) is 0 Å². The van der Waals surface area contributed by atoms with Crippen molar-refractivity contribution in [2.45, 2.75) is 18.9 Å². The quantitative estimate of drug-likeness (QED) is 0.541. The molecule has 1 saturated heterocycles. The number of benzene rings is 2. The minimum atomic E-state index is -0.322. The molecule has 1 N–H and O–H groups in total. The number of fused-ring (bicyclic) bond motifs is 2. The third kappa shape index (κ3) is 3.34. The van der Waals surface area contributed by atoms with Crippen molar-refractivity contribution in [1.82, 2.24) is 5.32 Å². The Balaban J connectivity index is 1.46. The van der Waals surface area contributed by atoms with Crippen molar-refractivity contribution in [2.75, 3.05) is 19.8 Å². The lowest BCUT2D eigenvalue weighted by molar-refractivity contribution is -0.136. The molecule has 0 spiro atoms. The summed E-state index contributed by atoms with van der Waals surface area (Å²) < 4.78 is 22.2. The topological polar surface area (TPSA) is 87.0 Å². The second-order valence-corrected chi connectivity index (χ2v) is 7.06. The summed E-state index contributed by atoms with van der Waals surface area (Å²) in [6.07, 6.45) is 3.13. The summed E-state index contributed by atoms with van der Waals surface area (Å²) in [5.74, 6) is 1.30. The number of rotatable bonds is 3. The summed E-state index contributed by atoms with van der Waals surface area (Å²) in [7, 11) is 0. The third-order valence-electron chi connectivity index (χ3n) is 5.16. The zero-order chi connectivity index (χ0) is 19.8. The van der Waals surface area contributed by atoms with Gasteiger partial charge in [-0.05, 0) is 49.2 Å². The second-order valence-electron chi connectivity index (χ2n) is 7.06. The van der Waals surface area contributed by atoms with Crippen molar-refractivity contribution in [3.63, 3.8) is 0 Å². The van der Waals surface area contributed by atoms with E-state index >= 15 is 0 Å². The van der Waals surface area contributed by atoms with Crippen LogP contribution >= 0.6 is 0 Å². The maximum atomic E-state index is 13.0. The van der Waals surface area contributed by atoms with Gasteiger partial charge in [-0.15, -0.1) is 0 Å². The highest BCUT2D eigenvalue weighted by Gasteiger charge is 2.24. The Kier molecular flexibility index (Phi) is 4.44. The molecule has 0 amide bonds. The minimum absolute atomic E-state index is 0.168. The molecule has 3 aromatic rings. The fourth-order valence-electron chi connectivity index (χ4n) is 3.66. The van der Waals surface area contributed by atoms with Crippen LogP contribution in [0, 0.1) is 0 Å². The fourth-order valence-corrected chi connectivity index (χ4v) is 3.66. The molecule has 1 fully saturated rings. The molecule has 0 radical (unpaired) electrons. The maximum absolute atomic E-state index is 13.0. The van der Waals surface area contributed by atoms with E-state index in [4.69, 9.17) is 18.6 Å². The molecule has 2 aromatic carbocycles. The van der Waals surface area contributed by atoms with E-state index in [-0.39, 0.29) is 17.4 Å². The summed E-state index contributed by atoms with van der Waals surface area (Å²) in [4.78, 5) is 25.2. The molecule has 148 valence electrons. The lowest BCUT2D eigenvalue weighted by atomic mass is 10.0. The first kappa shape index (κ1) is 17.8. The van der Waals surface area contributed by atoms with Gasteiger partial charge in [-0.3, -0.25) is 4.79 Å². The summed E-state index contributed by atoms with van der Waals surface area (Å²) >= 11 is 0. The van der Waals surface area contributed by atoms with Crippen LogP contribution < -0.4 is 25.0 Å². The second kappa shape index (κ2) is 7.25. The van der Waals surface area contributed by atoms with Crippen LogP contribution in [0.15, 0.2) is 51.9 Å². The highest BCUT2D eigenvalue weighted by atomic mass is 16.6. The Morgan fingerprint density at radius 2 is 1.93 bits per heavy atom. The summed E-state index contributed by atoms with van der Waals surface area (Å²) in [6.45, 7) is 1.80. The molecule has 3 heterocycles. The Labute approximate surface area is 166 Å². The van der Waals surface area contributed by atoms with Crippen LogP contribution in [0.5, 0.6) is 17.2 Å². The predicted molar refractivity (Wildman–Crippen MR) is 106 cm³/mol. The average molecular weight is 393 g/mol. The van der Waals surface area contributed by atoms with Gasteiger partial charge in [-0.1, -0.05) is 6.07 Å². The number of hydrogen-bond donors (Lipinski definition) is 1. The van der Waals surface area contributed by atoms with Crippen LogP contribution in [-0.2, 0) is 4.79 Å². The minimum Gasteiger partial charge on any atom is -0.486 e. The molecule has 7 nitrogen and oxygen atoms in total. The van der Waals surface area contributed by atoms with E-state index < -0.39 is 0 Å². The monoisotopic (exact) mass is 393 g/mol. The average Bonchev–Trinajstić information content (AvgIpc) is 3.29. The highest BCUT2D eigenvalue weighted by molar-refractivity contribution is 5.84. The van der Waals surface area contributed by atoms with E-state index in [1.165, 1.54) is 6.26 Å². The van der Waals surface area contributed by atoms with Gasteiger partial charge in [0.1, 0.15) is 36.9 Å². The van der Waals surface area contributed by atoms with Gasteiger partial charge in [-0.25, -0.2) is 4.79 Å². The van der Waals surface area contributed by atoms with Gasteiger partial charge in [0.05, 0.1) is 10.9 Å². The number of carbonyl (C=O) groups is 1. The molecule has 0 saturated carbocycles. The first-order chi connectivity index (χ1) is 14.2. The molecule has 29 heavy (non-hydrogen) atoms. The molecule has 2 aliphatic rings. The van der Waals surface area contributed by atoms with Crippen molar-refractivity contribution >= 4 is 16.9 Å². The van der Waals surface area contributed by atoms with E-state index in [0.717, 1.165) is 19.4 Å². The molecule has 0 unspecified atom stereocenters. The van der Waals surface area contributed by atoms with Gasteiger partial charge in [0.2, 0.25) is 0 Å². The number of nitrogens with one attached hydrogen (secondary N) is 1. The summed E-state index contributed by atoms with van der Waals surface area (Å²) in [5.41, 5.74) is 1.31. The Bertz CT molecular complexity index is 1150. The van der Waals surface area contributed by atoms with E-state index in [1.54, 1.807) is 36.4 Å². The maximum Gasteiger partial charge on any atom is 0.328 e. The van der Waals surface area contributed by atoms with E-state index in [2.05, 4.69) is 5.32 Å². The van der Waals surface area contributed by atoms with Gasteiger partial charge in [-0.2, -0.15) is 0 Å². The summed E-state index contributed by atoms with van der Waals surface area (Å²) in [6, 6.07) is 9.88. The lowest BCUT2D eigenvalue weighted by Crippen LogP contribution is -2.34. The van der Waals surface area contributed by atoms with Crippen LogP contribution in [0.2, 0.25) is 0 Å². The van der Waals surface area contributed by atoms with Gasteiger partial charge < -0.3 is 23.9 Å². The number of ether oxygens (including phenoxy) is 3. The van der Waals surface area contributed by atoms with Gasteiger partial charge in [0.15, 0.2) is 16.9 Å². The standard InChI is InChI=1S/C22H19NO6/c24-21-15-5-4-14(29-22(25)17-2-1-7-23-17)11-19(15)28-12-16(21)13-3-6-18-20(10-13)27-9-8-26-18/h3-6,10-12,17,23H,1-2,7-9H2/t17-/m0/s1. The zero-order valence-electron chi connectivity index (χ0n) is 15.6. The zero-order valence-corrected chi connectivity index (χ0v) is 15.6. The predicted octanol–water partition coefficient (Wildman–Crippen LogP) is 2.89. The normalized spacial score (nSPS) is 18.0.